The van der Waals surface area contributed by atoms with E-state index < -0.39 is 0 Å². The Morgan fingerprint density at radius 2 is 1.92 bits per heavy atom. The van der Waals surface area contributed by atoms with Gasteiger partial charge in [-0.1, -0.05) is 36.8 Å². The SMILES string of the molecule is CN=C(NCc1ccnc(OC)c1)NCC(C)c1ccc(C)cc1.I. The lowest BCUT2D eigenvalue weighted by Gasteiger charge is -2.16. The van der Waals surface area contributed by atoms with Crippen LogP contribution in [0.4, 0.5) is 0 Å². The van der Waals surface area contributed by atoms with Gasteiger partial charge in [0, 0.05) is 32.4 Å². The van der Waals surface area contributed by atoms with Crippen molar-refractivity contribution < 1.29 is 4.74 Å². The molecule has 25 heavy (non-hydrogen) atoms. The molecule has 1 heterocycles. The first-order valence-electron chi connectivity index (χ1n) is 8.12. The minimum Gasteiger partial charge on any atom is -0.481 e. The van der Waals surface area contributed by atoms with E-state index in [2.05, 4.69) is 58.7 Å². The summed E-state index contributed by atoms with van der Waals surface area (Å²) in [4.78, 5) is 8.38. The second-order valence-corrected chi connectivity index (χ2v) is 5.82. The third-order valence-corrected chi connectivity index (χ3v) is 3.91. The van der Waals surface area contributed by atoms with Gasteiger partial charge in [0.05, 0.1) is 7.11 Å². The van der Waals surface area contributed by atoms with E-state index in [1.807, 2.05) is 12.1 Å². The van der Waals surface area contributed by atoms with Gasteiger partial charge in [-0.15, -0.1) is 24.0 Å². The molecule has 0 fully saturated rings. The van der Waals surface area contributed by atoms with Gasteiger partial charge in [0.2, 0.25) is 5.88 Å². The van der Waals surface area contributed by atoms with Crippen LogP contribution in [-0.4, -0.2) is 31.6 Å². The van der Waals surface area contributed by atoms with Gasteiger partial charge in [0.25, 0.3) is 0 Å². The average molecular weight is 454 g/mol. The molecule has 136 valence electrons. The molecule has 5 nitrogen and oxygen atoms in total. The number of pyridine rings is 1. The third-order valence-electron chi connectivity index (χ3n) is 3.91. The van der Waals surface area contributed by atoms with Crippen molar-refractivity contribution in [3.8, 4) is 5.88 Å². The molecule has 0 radical (unpaired) electrons. The number of rotatable bonds is 6. The second kappa shape index (κ2) is 10.9. The van der Waals surface area contributed by atoms with E-state index in [1.54, 1.807) is 20.4 Å². The summed E-state index contributed by atoms with van der Waals surface area (Å²) in [5, 5.41) is 6.68. The van der Waals surface area contributed by atoms with Gasteiger partial charge in [-0.25, -0.2) is 4.98 Å². The van der Waals surface area contributed by atoms with E-state index in [9.17, 15) is 0 Å². The van der Waals surface area contributed by atoms with Crippen LogP contribution >= 0.6 is 24.0 Å². The van der Waals surface area contributed by atoms with Crippen LogP contribution in [0.15, 0.2) is 47.6 Å². The number of methoxy groups -OCH3 is 1. The van der Waals surface area contributed by atoms with Crippen LogP contribution in [0.3, 0.4) is 0 Å². The highest BCUT2D eigenvalue weighted by Crippen LogP contribution is 2.14. The number of nitrogens with one attached hydrogen (secondary N) is 2. The number of hydrogen-bond acceptors (Lipinski definition) is 3. The first-order valence-corrected chi connectivity index (χ1v) is 8.12. The predicted molar refractivity (Wildman–Crippen MR) is 114 cm³/mol. The van der Waals surface area contributed by atoms with Crippen LogP contribution in [0.2, 0.25) is 0 Å². The molecular formula is C19H27IN4O. The van der Waals surface area contributed by atoms with Gasteiger partial charge in [0.15, 0.2) is 5.96 Å². The summed E-state index contributed by atoms with van der Waals surface area (Å²) in [5.41, 5.74) is 3.70. The van der Waals surface area contributed by atoms with E-state index in [4.69, 9.17) is 4.74 Å². The maximum Gasteiger partial charge on any atom is 0.213 e. The highest BCUT2D eigenvalue weighted by molar-refractivity contribution is 14.0. The molecule has 0 aliphatic rings. The molecule has 0 spiro atoms. The number of guanidine groups is 1. The van der Waals surface area contributed by atoms with Gasteiger partial charge < -0.3 is 15.4 Å². The van der Waals surface area contributed by atoms with Gasteiger partial charge in [-0.2, -0.15) is 0 Å². The number of aryl methyl sites for hydroxylation is 1. The lowest BCUT2D eigenvalue weighted by atomic mass is 10.0. The lowest BCUT2D eigenvalue weighted by molar-refractivity contribution is 0.397. The van der Waals surface area contributed by atoms with E-state index in [1.165, 1.54) is 11.1 Å². The fraction of sp³-hybridized carbons (Fsp3) is 0.368. The third kappa shape index (κ3) is 6.89. The zero-order valence-electron chi connectivity index (χ0n) is 15.2. The zero-order valence-corrected chi connectivity index (χ0v) is 17.6. The summed E-state index contributed by atoms with van der Waals surface area (Å²) in [6.45, 7) is 5.80. The summed E-state index contributed by atoms with van der Waals surface area (Å²) >= 11 is 0. The highest BCUT2D eigenvalue weighted by Gasteiger charge is 2.07. The van der Waals surface area contributed by atoms with Crippen molar-refractivity contribution in [1.82, 2.24) is 15.6 Å². The first kappa shape index (κ1) is 21.2. The van der Waals surface area contributed by atoms with E-state index in [0.717, 1.165) is 18.1 Å². The van der Waals surface area contributed by atoms with E-state index in [0.29, 0.717) is 18.3 Å². The van der Waals surface area contributed by atoms with Crippen LogP contribution in [0.5, 0.6) is 5.88 Å². The Bertz CT molecular complexity index is 673. The van der Waals surface area contributed by atoms with Gasteiger partial charge in [-0.3, -0.25) is 4.99 Å². The molecule has 6 heteroatoms. The molecule has 1 aromatic heterocycles. The minimum absolute atomic E-state index is 0. The normalized spacial score (nSPS) is 12.1. The molecule has 2 rings (SSSR count). The zero-order chi connectivity index (χ0) is 17.4. The van der Waals surface area contributed by atoms with Crippen molar-refractivity contribution in [2.24, 2.45) is 4.99 Å². The monoisotopic (exact) mass is 454 g/mol. The molecule has 0 saturated carbocycles. The molecule has 0 aliphatic heterocycles. The van der Waals surface area contributed by atoms with Crippen molar-refractivity contribution in [3.05, 3.63) is 59.3 Å². The Labute approximate surface area is 167 Å². The topological polar surface area (TPSA) is 58.5 Å². The van der Waals surface area contributed by atoms with Crippen molar-refractivity contribution in [3.63, 3.8) is 0 Å². The summed E-state index contributed by atoms with van der Waals surface area (Å²) in [6, 6.07) is 12.5. The van der Waals surface area contributed by atoms with Crippen molar-refractivity contribution >= 4 is 29.9 Å². The summed E-state index contributed by atoms with van der Waals surface area (Å²) in [7, 11) is 3.39. The predicted octanol–water partition coefficient (Wildman–Crippen LogP) is 3.49. The largest absolute Gasteiger partial charge is 0.481 e. The first-order chi connectivity index (χ1) is 11.6. The summed E-state index contributed by atoms with van der Waals surface area (Å²) < 4.78 is 5.14. The Morgan fingerprint density at radius 1 is 1.20 bits per heavy atom. The fourth-order valence-electron chi connectivity index (χ4n) is 2.34. The number of aliphatic imine (C=N–C) groups is 1. The molecule has 1 aromatic carbocycles. The molecule has 2 aromatic rings. The lowest BCUT2D eigenvalue weighted by Crippen LogP contribution is -2.38. The number of ether oxygens (including phenoxy) is 1. The Balaban J connectivity index is 0.00000312. The van der Waals surface area contributed by atoms with Gasteiger partial charge in [0.1, 0.15) is 0 Å². The van der Waals surface area contributed by atoms with E-state index in [-0.39, 0.29) is 24.0 Å². The molecular weight excluding hydrogens is 427 g/mol. The maximum absolute atomic E-state index is 5.14. The molecule has 0 amide bonds. The Hall–Kier alpha value is -1.83. The van der Waals surface area contributed by atoms with Crippen molar-refractivity contribution in [1.29, 1.82) is 0 Å². The summed E-state index contributed by atoms with van der Waals surface area (Å²) in [5.74, 6) is 1.81. The van der Waals surface area contributed by atoms with Gasteiger partial charge in [-0.05, 0) is 30.0 Å². The summed E-state index contributed by atoms with van der Waals surface area (Å²) in [6.07, 6.45) is 1.74. The van der Waals surface area contributed by atoms with Crippen LogP contribution in [0, 0.1) is 6.92 Å². The Morgan fingerprint density at radius 3 is 2.56 bits per heavy atom. The second-order valence-electron chi connectivity index (χ2n) is 5.82. The average Bonchev–Trinajstić information content (AvgIpc) is 2.62. The van der Waals surface area contributed by atoms with Crippen LogP contribution in [0.1, 0.15) is 29.5 Å². The molecule has 2 N–H and O–H groups in total. The smallest absolute Gasteiger partial charge is 0.213 e. The molecule has 1 unspecified atom stereocenters. The number of nitrogens with zero attached hydrogens (tertiary/aromatic N) is 2. The van der Waals surface area contributed by atoms with Gasteiger partial charge >= 0.3 is 0 Å². The Kier molecular flexibility index (Phi) is 9.26. The molecule has 0 bridgehead atoms. The van der Waals surface area contributed by atoms with Crippen molar-refractivity contribution in [2.75, 3.05) is 20.7 Å². The standard InChI is InChI=1S/C19H26N4O.HI/c1-14-5-7-17(8-6-14)15(2)12-22-19(20-3)23-13-16-9-10-21-18(11-16)24-4;/h5-11,15H,12-13H2,1-4H3,(H2,20,22,23);1H. The fourth-order valence-corrected chi connectivity index (χ4v) is 2.34. The number of aromatic nitrogens is 1. The highest BCUT2D eigenvalue weighted by atomic mass is 127. The maximum atomic E-state index is 5.14. The van der Waals surface area contributed by atoms with Crippen LogP contribution in [-0.2, 0) is 6.54 Å². The number of halogens is 1. The molecule has 1 atom stereocenters. The minimum atomic E-state index is 0. The number of hydrogen-bond donors (Lipinski definition) is 2. The molecule has 0 saturated heterocycles. The number of benzene rings is 1. The molecule has 0 aliphatic carbocycles. The van der Waals surface area contributed by atoms with Crippen LogP contribution < -0.4 is 15.4 Å². The quantitative estimate of drug-likeness (QED) is 0.399. The van der Waals surface area contributed by atoms with E-state index >= 15 is 0 Å². The van der Waals surface area contributed by atoms with Crippen molar-refractivity contribution in [2.45, 2.75) is 26.3 Å². The van der Waals surface area contributed by atoms with Crippen LogP contribution in [0.25, 0.3) is 0 Å².